The van der Waals surface area contributed by atoms with E-state index < -0.39 is 0 Å². The van der Waals surface area contributed by atoms with Crippen LogP contribution >= 0.6 is 0 Å². The van der Waals surface area contributed by atoms with Crippen molar-refractivity contribution in [1.82, 2.24) is 14.9 Å². The van der Waals surface area contributed by atoms with Gasteiger partial charge >= 0.3 is 0 Å². The van der Waals surface area contributed by atoms with Gasteiger partial charge in [-0.25, -0.2) is 9.97 Å². The number of hydrogen-bond acceptors (Lipinski definition) is 7. The van der Waals surface area contributed by atoms with E-state index in [1.807, 2.05) is 32.0 Å². The van der Waals surface area contributed by atoms with Gasteiger partial charge in [-0.15, -0.1) is 0 Å². The Labute approximate surface area is 164 Å². The summed E-state index contributed by atoms with van der Waals surface area (Å²) in [6.45, 7) is 7.84. The van der Waals surface area contributed by atoms with Crippen molar-refractivity contribution in [3.8, 4) is 11.5 Å². The van der Waals surface area contributed by atoms with Gasteiger partial charge in [-0.1, -0.05) is 6.07 Å². The lowest BCUT2D eigenvalue weighted by molar-refractivity contribution is -0.115. The number of carbonyl (C=O) groups excluding carboxylic acids is 1. The molecule has 1 aromatic heterocycles. The van der Waals surface area contributed by atoms with Gasteiger partial charge in [0.15, 0.2) is 11.5 Å². The number of anilines is 2. The van der Waals surface area contributed by atoms with Crippen molar-refractivity contribution in [2.24, 2.45) is 0 Å². The molecule has 8 nitrogen and oxygen atoms in total. The Kier molecular flexibility index (Phi) is 5.04. The minimum atomic E-state index is -0.110. The zero-order valence-corrected chi connectivity index (χ0v) is 16.5. The van der Waals surface area contributed by atoms with E-state index in [-0.39, 0.29) is 19.1 Å². The maximum absolute atomic E-state index is 12.6. The van der Waals surface area contributed by atoms with Crippen molar-refractivity contribution in [2.45, 2.75) is 20.3 Å². The van der Waals surface area contributed by atoms with E-state index in [0.717, 1.165) is 49.1 Å². The lowest BCUT2D eigenvalue weighted by atomic mass is 10.1. The van der Waals surface area contributed by atoms with Gasteiger partial charge in [0, 0.05) is 26.2 Å². The van der Waals surface area contributed by atoms with Gasteiger partial charge < -0.3 is 24.6 Å². The standard InChI is InChI=1S/C20H25N5O3/c1-13-19(14(2)22-20(21-13)25-8-6-24(3)7-9-25)23-18(26)11-15-4-5-16-17(10-15)28-12-27-16/h4-5,10H,6-9,11-12H2,1-3H3,(H,23,26). The molecule has 2 aromatic rings. The van der Waals surface area contributed by atoms with E-state index in [4.69, 9.17) is 9.47 Å². The van der Waals surface area contributed by atoms with Crippen LogP contribution in [0.4, 0.5) is 11.6 Å². The van der Waals surface area contributed by atoms with Gasteiger partial charge in [0.25, 0.3) is 0 Å². The number of ether oxygens (including phenoxy) is 2. The zero-order valence-electron chi connectivity index (χ0n) is 16.5. The first-order valence-corrected chi connectivity index (χ1v) is 9.47. The first-order chi connectivity index (χ1) is 13.5. The first-order valence-electron chi connectivity index (χ1n) is 9.47. The van der Waals surface area contributed by atoms with Crippen LogP contribution in [0.25, 0.3) is 0 Å². The third kappa shape index (κ3) is 3.87. The van der Waals surface area contributed by atoms with Crippen molar-refractivity contribution >= 4 is 17.5 Å². The molecule has 1 saturated heterocycles. The highest BCUT2D eigenvalue weighted by Gasteiger charge is 2.20. The van der Waals surface area contributed by atoms with Crippen molar-refractivity contribution in [3.63, 3.8) is 0 Å². The SMILES string of the molecule is Cc1nc(N2CCN(C)CC2)nc(C)c1NC(=O)Cc1ccc2c(c1)OCO2. The van der Waals surface area contributed by atoms with Crippen LogP contribution in [0.15, 0.2) is 18.2 Å². The molecule has 0 radical (unpaired) electrons. The van der Waals surface area contributed by atoms with Crippen LogP contribution in [0.1, 0.15) is 17.0 Å². The van der Waals surface area contributed by atoms with Gasteiger partial charge in [-0.3, -0.25) is 4.79 Å². The molecule has 0 aliphatic carbocycles. The molecular weight excluding hydrogens is 358 g/mol. The molecule has 28 heavy (non-hydrogen) atoms. The summed E-state index contributed by atoms with van der Waals surface area (Å²) in [5.41, 5.74) is 3.11. The normalized spacial score (nSPS) is 16.3. The van der Waals surface area contributed by atoms with Gasteiger partial charge in [-0.2, -0.15) is 0 Å². The van der Waals surface area contributed by atoms with Crippen LogP contribution in [0.3, 0.4) is 0 Å². The third-order valence-electron chi connectivity index (χ3n) is 5.11. The lowest BCUT2D eigenvalue weighted by Gasteiger charge is -2.32. The number of nitrogens with zero attached hydrogens (tertiary/aromatic N) is 4. The van der Waals surface area contributed by atoms with Gasteiger partial charge in [0.1, 0.15) is 0 Å². The number of nitrogens with one attached hydrogen (secondary N) is 1. The summed E-state index contributed by atoms with van der Waals surface area (Å²) in [4.78, 5) is 26.3. The molecule has 1 fully saturated rings. The largest absolute Gasteiger partial charge is 0.454 e. The number of amides is 1. The minimum Gasteiger partial charge on any atom is -0.454 e. The molecule has 2 aliphatic rings. The second-order valence-electron chi connectivity index (χ2n) is 7.27. The summed E-state index contributed by atoms with van der Waals surface area (Å²) in [7, 11) is 2.12. The first kappa shape index (κ1) is 18.5. The van der Waals surface area contributed by atoms with Crippen molar-refractivity contribution in [3.05, 3.63) is 35.2 Å². The molecule has 4 rings (SSSR count). The van der Waals surface area contributed by atoms with E-state index >= 15 is 0 Å². The number of likely N-dealkylation sites (N-methyl/N-ethyl adjacent to an activating group) is 1. The summed E-state index contributed by atoms with van der Waals surface area (Å²) in [6, 6.07) is 5.55. The number of carbonyl (C=O) groups is 1. The minimum absolute atomic E-state index is 0.110. The highest BCUT2D eigenvalue weighted by atomic mass is 16.7. The van der Waals surface area contributed by atoms with Crippen LogP contribution in [0.5, 0.6) is 11.5 Å². The summed E-state index contributed by atoms with van der Waals surface area (Å²) in [6.07, 6.45) is 0.246. The average molecular weight is 383 g/mol. The molecule has 3 heterocycles. The Bertz CT molecular complexity index is 870. The number of piperazine rings is 1. The van der Waals surface area contributed by atoms with Gasteiger partial charge in [0.05, 0.1) is 23.5 Å². The third-order valence-corrected chi connectivity index (χ3v) is 5.11. The lowest BCUT2D eigenvalue weighted by Crippen LogP contribution is -2.45. The number of aromatic nitrogens is 2. The fraction of sp³-hybridized carbons (Fsp3) is 0.450. The van der Waals surface area contributed by atoms with E-state index in [9.17, 15) is 4.79 Å². The number of rotatable bonds is 4. The van der Waals surface area contributed by atoms with E-state index in [1.165, 1.54) is 0 Å². The van der Waals surface area contributed by atoms with Crippen LogP contribution in [-0.2, 0) is 11.2 Å². The molecule has 148 valence electrons. The number of hydrogen-bond donors (Lipinski definition) is 1. The van der Waals surface area contributed by atoms with Crippen LogP contribution < -0.4 is 19.7 Å². The van der Waals surface area contributed by atoms with E-state index in [0.29, 0.717) is 17.2 Å². The molecule has 8 heteroatoms. The van der Waals surface area contributed by atoms with Crippen molar-refractivity contribution < 1.29 is 14.3 Å². The maximum atomic E-state index is 12.6. The average Bonchev–Trinajstić information content (AvgIpc) is 3.13. The Hall–Kier alpha value is -2.87. The predicted molar refractivity (Wildman–Crippen MR) is 106 cm³/mol. The molecule has 0 unspecified atom stereocenters. The second-order valence-corrected chi connectivity index (χ2v) is 7.27. The predicted octanol–water partition coefficient (Wildman–Crippen LogP) is 1.76. The smallest absolute Gasteiger partial charge is 0.231 e. The molecule has 1 N–H and O–H groups in total. The molecule has 1 aromatic carbocycles. The zero-order chi connectivity index (χ0) is 19.7. The Balaban J connectivity index is 1.44. The van der Waals surface area contributed by atoms with Crippen molar-refractivity contribution in [2.75, 3.05) is 50.2 Å². The number of aryl methyl sites for hydroxylation is 2. The fourth-order valence-electron chi connectivity index (χ4n) is 3.45. The summed E-state index contributed by atoms with van der Waals surface area (Å²) in [5, 5.41) is 2.97. The molecule has 2 aliphatic heterocycles. The highest BCUT2D eigenvalue weighted by Crippen LogP contribution is 2.32. The molecule has 0 bridgehead atoms. The Morgan fingerprint density at radius 3 is 2.46 bits per heavy atom. The summed E-state index contributed by atoms with van der Waals surface area (Å²) in [5.74, 6) is 2.01. The fourth-order valence-corrected chi connectivity index (χ4v) is 3.45. The summed E-state index contributed by atoms with van der Waals surface area (Å²) < 4.78 is 10.7. The highest BCUT2D eigenvalue weighted by molar-refractivity contribution is 5.93. The van der Waals surface area contributed by atoms with Crippen LogP contribution in [0, 0.1) is 13.8 Å². The van der Waals surface area contributed by atoms with E-state index in [1.54, 1.807) is 0 Å². The van der Waals surface area contributed by atoms with Gasteiger partial charge in [0.2, 0.25) is 18.6 Å². The Morgan fingerprint density at radius 2 is 1.75 bits per heavy atom. The second kappa shape index (κ2) is 7.63. The molecule has 0 atom stereocenters. The summed E-state index contributed by atoms with van der Waals surface area (Å²) >= 11 is 0. The quantitative estimate of drug-likeness (QED) is 0.862. The number of benzene rings is 1. The molecule has 1 amide bonds. The topological polar surface area (TPSA) is 79.8 Å². The van der Waals surface area contributed by atoms with Crippen LogP contribution in [-0.4, -0.2) is 60.8 Å². The number of fused-ring (bicyclic) bond motifs is 1. The Morgan fingerprint density at radius 1 is 1.07 bits per heavy atom. The monoisotopic (exact) mass is 383 g/mol. The van der Waals surface area contributed by atoms with Crippen LogP contribution in [0.2, 0.25) is 0 Å². The van der Waals surface area contributed by atoms with Gasteiger partial charge in [-0.05, 0) is 38.6 Å². The molecule has 0 saturated carbocycles. The van der Waals surface area contributed by atoms with Crippen molar-refractivity contribution in [1.29, 1.82) is 0 Å². The molecule has 0 spiro atoms. The van der Waals surface area contributed by atoms with E-state index in [2.05, 4.69) is 32.1 Å². The molecular formula is C20H25N5O3. The maximum Gasteiger partial charge on any atom is 0.231 e.